The number of allylic oxidation sites excluding steroid dienone is 5. The Morgan fingerprint density at radius 1 is 0.325 bits per heavy atom. The zero-order valence-corrected chi connectivity index (χ0v) is 61.3. The smallest absolute Gasteiger partial charge is 0.200 e. The fourth-order valence-corrected chi connectivity index (χ4v) is 17.4. The normalized spacial score (nSPS) is 13.9. The number of para-hydroxylation sites is 5. The van der Waals surface area contributed by atoms with Crippen LogP contribution in [0.25, 0.3) is 71.2 Å². The highest BCUT2D eigenvalue weighted by molar-refractivity contribution is 5.96. The maximum atomic E-state index is 12.2. The number of rotatable bonds is 13. The number of fused-ring (bicyclic) bond motifs is 8. The molecule has 20 rings (SSSR count). The lowest BCUT2D eigenvalue weighted by molar-refractivity contribution is 0.146. The SMILES string of the molecule is C.CCC(C1=CCc2ccccc21)(c1cc(O)c(O)c(O)c1)c1c[nH]c2ccccc12.Oc1cc(C(C2=CCc3ccccc32)c2c[nH]c3ccccc23)cc(O)c1O.Oc1cc(C(O)(C2=CCc3ccccc32)c2c[nH]c3ccccc23)cc(O)c1O.Oc1cccc(C(c2c[nH]c3ccccc23)c2c[nH]c3ccccc23)c1. The van der Waals surface area contributed by atoms with Gasteiger partial charge in [0, 0.05) is 114 Å². The highest BCUT2D eigenvalue weighted by Crippen LogP contribution is 2.56. The van der Waals surface area contributed by atoms with E-state index in [1.165, 1.54) is 68.4 Å². The first-order valence-electron chi connectivity index (χ1n) is 37.4. The lowest BCUT2D eigenvalue weighted by Gasteiger charge is -2.36. The number of aromatic hydroxyl groups is 10. The predicted octanol–water partition coefficient (Wildman–Crippen LogP) is 21.0. The Labute approximate surface area is 656 Å². The number of aromatic nitrogens is 5. The first-order valence-corrected chi connectivity index (χ1v) is 37.4. The Hall–Kier alpha value is -14.5. The number of hydrogen-bond donors (Lipinski definition) is 16. The summed E-state index contributed by atoms with van der Waals surface area (Å²) in [5, 5.41) is 119. The van der Waals surface area contributed by atoms with Crippen LogP contribution in [0.3, 0.4) is 0 Å². The number of aliphatic hydroxyl groups is 1. The summed E-state index contributed by atoms with van der Waals surface area (Å²) in [6, 6.07) is 81.4. The topological polar surface area (TPSA) is 301 Å². The third-order valence-corrected chi connectivity index (χ3v) is 22.7. The van der Waals surface area contributed by atoms with Gasteiger partial charge in [-0.1, -0.05) is 209 Å². The highest BCUT2D eigenvalue weighted by atomic mass is 16.3. The maximum absolute atomic E-state index is 12.2. The van der Waals surface area contributed by atoms with Gasteiger partial charge in [-0.2, -0.15) is 0 Å². The van der Waals surface area contributed by atoms with Crippen LogP contribution in [0.1, 0.15) is 116 Å². The van der Waals surface area contributed by atoms with Gasteiger partial charge in [0.05, 0.1) is 0 Å². The van der Waals surface area contributed by atoms with E-state index in [1.54, 1.807) is 24.4 Å². The van der Waals surface area contributed by atoms with Crippen molar-refractivity contribution in [2.45, 2.75) is 62.9 Å². The number of nitrogens with one attached hydrogen (secondary N) is 5. The van der Waals surface area contributed by atoms with Crippen molar-refractivity contribution in [3.8, 4) is 57.5 Å². The first-order chi connectivity index (χ1) is 55.0. The van der Waals surface area contributed by atoms with Gasteiger partial charge >= 0.3 is 0 Å². The monoisotopic (exact) mass is 1510 g/mol. The van der Waals surface area contributed by atoms with E-state index in [-0.39, 0.29) is 53.6 Å². The summed E-state index contributed by atoms with van der Waals surface area (Å²) in [6.45, 7) is 2.12. The van der Waals surface area contributed by atoms with Crippen molar-refractivity contribution in [3.63, 3.8) is 0 Å². The average molecular weight is 1510 g/mol. The third kappa shape index (κ3) is 12.8. The molecule has 0 amide bonds. The summed E-state index contributed by atoms with van der Waals surface area (Å²) in [5.74, 6) is -3.79. The lowest BCUT2D eigenvalue weighted by Crippen LogP contribution is -2.28. The number of H-pyrrole nitrogens is 5. The zero-order chi connectivity index (χ0) is 77.8. The summed E-state index contributed by atoms with van der Waals surface area (Å²) in [7, 11) is 0. The van der Waals surface area contributed by atoms with Gasteiger partial charge < -0.3 is 81.1 Å². The van der Waals surface area contributed by atoms with E-state index in [2.05, 4.69) is 135 Å². The van der Waals surface area contributed by atoms with Gasteiger partial charge in [0.2, 0.25) is 0 Å². The molecule has 5 heterocycles. The molecule has 3 atom stereocenters. The third-order valence-electron chi connectivity index (χ3n) is 22.7. The second-order valence-corrected chi connectivity index (χ2v) is 28.9. The molecule has 0 bridgehead atoms. The summed E-state index contributed by atoms with van der Waals surface area (Å²) in [6.07, 6.45) is 19.4. The van der Waals surface area contributed by atoms with Crippen LogP contribution in [-0.4, -0.2) is 81.1 Å². The van der Waals surface area contributed by atoms with Crippen molar-refractivity contribution in [2.75, 3.05) is 0 Å². The fraction of sp³-hybridized carbons (Fsp3) is 0.102. The van der Waals surface area contributed by atoms with Crippen molar-refractivity contribution in [2.24, 2.45) is 0 Å². The van der Waals surface area contributed by atoms with E-state index in [0.29, 0.717) is 24.0 Å². The minimum atomic E-state index is -1.66. The maximum Gasteiger partial charge on any atom is 0.200 e. The molecule has 16 N–H and O–H groups in total. The van der Waals surface area contributed by atoms with Crippen LogP contribution in [-0.2, 0) is 30.3 Å². The molecular formula is C98H83N5O11. The first kappa shape index (κ1) is 73.7. The predicted molar refractivity (Wildman–Crippen MR) is 452 cm³/mol. The van der Waals surface area contributed by atoms with Crippen LogP contribution in [0.2, 0.25) is 0 Å². The van der Waals surface area contributed by atoms with E-state index >= 15 is 0 Å². The molecule has 17 aromatic rings. The van der Waals surface area contributed by atoms with E-state index in [9.17, 15) is 56.2 Å². The van der Waals surface area contributed by atoms with E-state index < -0.39 is 39.8 Å². The van der Waals surface area contributed by atoms with Crippen LogP contribution in [0.4, 0.5) is 0 Å². The number of benzene rings is 12. The quantitative estimate of drug-likeness (QED) is 0.0481. The molecule has 12 aromatic carbocycles. The highest BCUT2D eigenvalue weighted by Gasteiger charge is 2.44. The summed E-state index contributed by atoms with van der Waals surface area (Å²) in [4.78, 5) is 16.7. The molecule has 0 fully saturated rings. The zero-order valence-electron chi connectivity index (χ0n) is 61.3. The molecule has 0 radical (unpaired) electrons. The van der Waals surface area contributed by atoms with E-state index in [4.69, 9.17) is 0 Å². The molecule has 114 heavy (non-hydrogen) atoms. The number of phenols is 10. The fourth-order valence-electron chi connectivity index (χ4n) is 17.4. The van der Waals surface area contributed by atoms with Gasteiger partial charge in [-0.15, -0.1) is 0 Å². The Morgan fingerprint density at radius 3 is 1.17 bits per heavy atom. The Bertz CT molecular complexity index is 6480. The molecule has 0 saturated heterocycles. The number of phenolic OH excluding ortho intramolecular Hbond substituents is 10. The Balaban J connectivity index is 0.000000114. The van der Waals surface area contributed by atoms with E-state index in [1.807, 2.05) is 152 Å². The summed E-state index contributed by atoms with van der Waals surface area (Å²) in [5.41, 5.74) is 20.6. The molecule has 0 aliphatic heterocycles. The minimum absolute atomic E-state index is 0. The average Bonchev–Trinajstić information content (AvgIpc) is 1.52. The van der Waals surface area contributed by atoms with Gasteiger partial charge in [0.15, 0.2) is 51.7 Å². The molecule has 0 spiro atoms. The molecule has 3 unspecified atom stereocenters. The van der Waals surface area contributed by atoms with Crippen molar-refractivity contribution in [1.29, 1.82) is 0 Å². The van der Waals surface area contributed by atoms with Gasteiger partial charge in [0.1, 0.15) is 11.4 Å². The molecule has 3 aliphatic rings. The van der Waals surface area contributed by atoms with Crippen LogP contribution < -0.4 is 0 Å². The van der Waals surface area contributed by atoms with Gasteiger partial charge in [-0.3, -0.25) is 0 Å². The number of hydrogen-bond acceptors (Lipinski definition) is 11. The molecule has 5 aromatic heterocycles. The van der Waals surface area contributed by atoms with Crippen LogP contribution >= 0.6 is 0 Å². The minimum Gasteiger partial charge on any atom is -0.508 e. The Morgan fingerprint density at radius 2 is 0.684 bits per heavy atom. The standard InChI is InChI=1S/C26H23NO3.C24H19NO4.C24H19NO3.C23H18N2O.CH4/c1-2-26(17-13-23(28)25(30)24(29)14-17,20-12-11-16-7-3-4-8-18(16)20)21-15-27-22-10-6-5-9-19(21)22;26-21-11-15(12-22(27)23(21)28)24(29,18-10-9-14-5-1-2-6-16(14)18)19-13-25-20-8-4-3-7-17(19)20;26-21-11-15(12-22(27)24(21)28)23(18-10-9-14-5-1-2-6-16(14)18)19-13-25-20-8-4-3-7-17(19)20;26-16-7-5-6-15(12-16)23(19-13-24-21-10-3-1-8-17(19)21)20-14-25-22-11-4-2-9-18(20)22;/h3-10,12-15,27-30H,2,11H2,1H3;1-8,10-13,25-29H,9H2;1-8,10-13,23,25-28H,9H2;1-14,23-26H;1H4. The molecule has 566 valence electrons. The largest absolute Gasteiger partial charge is 0.508 e. The van der Waals surface area contributed by atoms with Crippen molar-refractivity contribution < 1.29 is 56.2 Å². The van der Waals surface area contributed by atoms with Crippen molar-refractivity contribution in [3.05, 3.63) is 387 Å². The van der Waals surface area contributed by atoms with Crippen LogP contribution in [0.15, 0.2) is 304 Å². The van der Waals surface area contributed by atoms with Crippen molar-refractivity contribution in [1.82, 2.24) is 24.9 Å². The molecular weight excluding hydrogens is 1420 g/mol. The molecule has 16 nitrogen and oxygen atoms in total. The van der Waals surface area contributed by atoms with Crippen LogP contribution in [0, 0.1) is 0 Å². The molecule has 16 heteroatoms. The molecule has 0 saturated carbocycles. The second kappa shape index (κ2) is 30.1. The van der Waals surface area contributed by atoms with Gasteiger partial charge in [-0.05, 0) is 194 Å². The summed E-state index contributed by atoms with van der Waals surface area (Å²) >= 11 is 0. The number of aromatic amines is 5. The summed E-state index contributed by atoms with van der Waals surface area (Å²) < 4.78 is 0. The van der Waals surface area contributed by atoms with Gasteiger partial charge in [0.25, 0.3) is 0 Å². The lowest BCUT2D eigenvalue weighted by atomic mass is 9.65. The molecule has 3 aliphatic carbocycles. The van der Waals surface area contributed by atoms with Crippen molar-refractivity contribution >= 4 is 71.2 Å². The Kier molecular flexibility index (Phi) is 19.4. The van der Waals surface area contributed by atoms with Crippen LogP contribution in [0.5, 0.6) is 57.5 Å². The van der Waals surface area contributed by atoms with E-state index in [0.717, 1.165) is 107 Å². The second-order valence-electron chi connectivity index (χ2n) is 28.9. The van der Waals surface area contributed by atoms with Gasteiger partial charge in [-0.25, -0.2) is 0 Å².